The van der Waals surface area contributed by atoms with Crippen molar-refractivity contribution in [3.63, 3.8) is 0 Å². The van der Waals surface area contributed by atoms with Gasteiger partial charge in [-0.25, -0.2) is 4.79 Å². The lowest BCUT2D eigenvalue weighted by molar-refractivity contribution is 0.0688. The van der Waals surface area contributed by atoms with Crippen LogP contribution in [0.3, 0.4) is 0 Å². The Balaban J connectivity index is 1.69. The molecule has 0 bridgehead atoms. The maximum atomic E-state index is 10.6. The van der Waals surface area contributed by atoms with Crippen molar-refractivity contribution >= 4 is 5.97 Å². The van der Waals surface area contributed by atoms with E-state index in [1.165, 1.54) is 11.0 Å². The molecule has 0 aromatic carbocycles. The van der Waals surface area contributed by atoms with E-state index < -0.39 is 5.97 Å². The third-order valence-electron chi connectivity index (χ3n) is 3.74. The van der Waals surface area contributed by atoms with Crippen molar-refractivity contribution in [3.05, 3.63) is 11.9 Å². The van der Waals surface area contributed by atoms with Crippen LogP contribution in [-0.4, -0.2) is 26.1 Å². The normalized spacial score (nSPS) is 34.7. The van der Waals surface area contributed by atoms with Gasteiger partial charge in [-0.3, -0.25) is 0 Å². The Hall–Kier alpha value is -1.90. The summed E-state index contributed by atoms with van der Waals surface area (Å²) in [5, 5.41) is 25.3. The number of carboxylic acid groups (broad SMARTS) is 1. The van der Waals surface area contributed by atoms with Gasteiger partial charge in [-0.2, -0.15) is 15.2 Å². The number of carboxylic acids is 1. The largest absolute Gasteiger partial charge is 0.476 e. The molecule has 3 atom stereocenters. The minimum absolute atomic E-state index is 0.0234. The molecule has 1 N–H and O–H groups in total. The van der Waals surface area contributed by atoms with Gasteiger partial charge in [-0.1, -0.05) is 0 Å². The molecule has 3 rings (SSSR count). The number of nitrogens with zero attached hydrogens (tertiary/aromatic N) is 4. The van der Waals surface area contributed by atoms with E-state index >= 15 is 0 Å². The van der Waals surface area contributed by atoms with Crippen LogP contribution in [0, 0.1) is 28.6 Å². The minimum atomic E-state index is -1.06. The maximum Gasteiger partial charge on any atom is 0.358 e. The Morgan fingerprint density at radius 2 is 2.56 bits per heavy atom. The minimum Gasteiger partial charge on any atom is -0.476 e. The SMILES string of the molecule is N#CC1CC2(Cn3ncc(C(=O)O)n3)CC12. The molecule has 0 radical (unpaired) electrons. The predicted octanol–water partition coefficient (Wildman–Crippen LogP) is 0.526. The Labute approximate surface area is 91.5 Å². The number of aromatic carboxylic acids is 1. The van der Waals surface area contributed by atoms with Gasteiger partial charge in [0.1, 0.15) is 0 Å². The smallest absolute Gasteiger partial charge is 0.358 e. The number of rotatable bonds is 3. The third kappa shape index (κ3) is 1.14. The molecule has 0 amide bonds. The fourth-order valence-electron chi connectivity index (χ4n) is 2.74. The molecule has 1 aromatic heterocycles. The van der Waals surface area contributed by atoms with Crippen LogP contribution in [0.5, 0.6) is 0 Å². The topological polar surface area (TPSA) is 91.8 Å². The molecule has 6 nitrogen and oxygen atoms in total. The predicted molar refractivity (Wildman–Crippen MR) is 51.2 cm³/mol. The first-order valence-electron chi connectivity index (χ1n) is 5.18. The van der Waals surface area contributed by atoms with Crippen LogP contribution in [0.1, 0.15) is 23.3 Å². The highest BCUT2D eigenvalue weighted by atomic mass is 16.4. The summed E-state index contributed by atoms with van der Waals surface area (Å²) in [6, 6.07) is 2.28. The molecule has 16 heavy (non-hydrogen) atoms. The number of nitriles is 1. The summed E-state index contributed by atoms with van der Waals surface area (Å²) in [5.74, 6) is -0.383. The standard InChI is InChI=1S/C10H10N4O2/c11-3-6-1-10(2-7(6)10)5-14-12-4-8(13-14)9(15)16/h4,6-7H,1-2,5H2,(H,15,16). The Bertz CT molecular complexity index is 503. The fraction of sp³-hybridized carbons (Fsp3) is 0.600. The molecule has 0 spiro atoms. The molecule has 6 heteroatoms. The van der Waals surface area contributed by atoms with Crippen LogP contribution >= 0.6 is 0 Å². The van der Waals surface area contributed by atoms with Gasteiger partial charge in [0.2, 0.25) is 0 Å². The first-order valence-corrected chi connectivity index (χ1v) is 5.18. The van der Waals surface area contributed by atoms with E-state index in [1.807, 2.05) is 0 Å². The highest BCUT2D eigenvalue weighted by molar-refractivity contribution is 5.84. The van der Waals surface area contributed by atoms with Crippen LogP contribution in [0.25, 0.3) is 0 Å². The van der Waals surface area contributed by atoms with Gasteiger partial charge in [0.25, 0.3) is 0 Å². The van der Waals surface area contributed by atoms with E-state index in [2.05, 4.69) is 16.3 Å². The van der Waals surface area contributed by atoms with Gasteiger partial charge in [-0.05, 0) is 24.2 Å². The number of fused-ring (bicyclic) bond motifs is 1. The second-order valence-corrected chi connectivity index (χ2v) is 4.68. The highest BCUT2D eigenvalue weighted by Crippen LogP contribution is 2.71. The van der Waals surface area contributed by atoms with Crippen LogP contribution in [0.15, 0.2) is 6.20 Å². The molecule has 1 heterocycles. The van der Waals surface area contributed by atoms with E-state index in [4.69, 9.17) is 10.4 Å². The summed E-state index contributed by atoms with van der Waals surface area (Å²) in [4.78, 5) is 12.1. The van der Waals surface area contributed by atoms with Crippen molar-refractivity contribution < 1.29 is 9.90 Å². The van der Waals surface area contributed by atoms with Crippen molar-refractivity contribution in [1.82, 2.24) is 15.0 Å². The summed E-state index contributed by atoms with van der Waals surface area (Å²) >= 11 is 0. The average molecular weight is 218 g/mol. The highest BCUT2D eigenvalue weighted by Gasteiger charge is 2.67. The summed E-state index contributed by atoms with van der Waals surface area (Å²) in [5.41, 5.74) is 0.166. The van der Waals surface area contributed by atoms with Gasteiger partial charge >= 0.3 is 5.97 Å². The third-order valence-corrected chi connectivity index (χ3v) is 3.74. The Morgan fingerprint density at radius 1 is 1.75 bits per heavy atom. The summed E-state index contributed by atoms with van der Waals surface area (Å²) < 4.78 is 0. The number of aromatic nitrogens is 3. The van der Waals surface area contributed by atoms with E-state index in [1.54, 1.807) is 0 Å². The molecule has 82 valence electrons. The zero-order valence-corrected chi connectivity index (χ0v) is 8.50. The van der Waals surface area contributed by atoms with Crippen molar-refractivity contribution in [3.8, 4) is 6.07 Å². The average Bonchev–Trinajstić information content (AvgIpc) is 2.66. The number of hydrogen-bond acceptors (Lipinski definition) is 4. The van der Waals surface area contributed by atoms with Gasteiger partial charge in [0.15, 0.2) is 5.69 Å². The van der Waals surface area contributed by atoms with E-state index in [0.29, 0.717) is 12.5 Å². The summed E-state index contributed by atoms with van der Waals surface area (Å²) in [6.45, 7) is 0.642. The second kappa shape index (κ2) is 2.82. The Morgan fingerprint density at radius 3 is 3.12 bits per heavy atom. The van der Waals surface area contributed by atoms with Gasteiger partial charge in [0, 0.05) is 0 Å². The molecule has 0 aliphatic heterocycles. The molecule has 3 unspecified atom stereocenters. The van der Waals surface area contributed by atoms with Crippen LogP contribution < -0.4 is 0 Å². The van der Waals surface area contributed by atoms with E-state index in [-0.39, 0.29) is 17.0 Å². The van der Waals surface area contributed by atoms with Crippen LogP contribution in [0.2, 0.25) is 0 Å². The van der Waals surface area contributed by atoms with Gasteiger partial charge < -0.3 is 5.11 Å². The molecule has 2 fully saturated rings. The molecular formula is C10H10N4O2. The van der Waals surface area contributed by atoms with Crippen molar-refractivity contribution in [1.29, 1.82) is 5.26 Å². The fourth-order valence-corrected chi connectivity index (χ4v) is 2.74. The quantitative estimate of drug-likeness (QED) is 0.798. The molecule has 1 aromatic rings. The zero-order valence-electron chi connectivity index (χ0n) is 8.50. The second-order valence-electron chi connectivity index (χ2n) is 4.68. The zero-order chi connectivity index (χ0) is 11.3. The molecule has 2 saturated carbocycles. The lowest BCUT2D eigenvalue weighted by Crippen LogP contribution is -2.30. The summed E-state index contributed by atoms with van der Waals surface area (Å²) in [6.07, 6.45) is 3.21. The number of hydrogen-bond donors (Lipinski definition) is 1. The lowest BCUT2D eigenvalue weighted by Gasteiger charge is -2.29. The van der Waals surface area contributed by atoms with Crippen molar-refractivity contribution in [2.75, 3.05) is 0 Å². The van der Waals surface area contributed by atoms with Crippen molar-refractivity contribution in [2.45, 2.75) is 19.4 Å². The first kappa shape index (κ1) is 9.33. The van der Waals surface area contributed by atoms with Gasteiger partial charge in [-0.15, -0.1) is 5.10 Å². The molecular weight excluding hydrogens is 208 g/mol. The maximum absolute atomic E-state index is 10.6. The van der Waals surface area contributed by atoms with Crippen LogP contribution in [-0.2, 0) is 6.54 Å². The van der Waals surface area contributed by atoms with E-state index in [0.717, 1.165) is 12.8 Å². The molecule has 0 saturated heterocycles. The van der Waals surface area contributed by atoms with Crippen molar-refractivity contribution in [2.24, 2.45) is 17.3 Å². The summed E-state index contributed by atoms with van der Waals surface area (Å²) in [7, 11) is 0. The number of carbonyl (C=O) groups is 1. The van der Waals surface area contributed by atoms with Gasteiger partial charge in [0.05, 0.1) is 24.7 Å². The van der Waals surface area contributed by atoms with E-state index in [9.17, 15) is 4.79 Å². The molecule has 2 aliphatic carbocycles. The Kier molecular flexibility index (Phi) is 1.64. The monoisotopic (exact) mass is 218 g/mol. The van der Waals surface area contributed by atoms with Crippen LogP contribution in [0.4, 0.5) is 0 Å². The first-order chi connectivity index (χ1) is 7.64. The molecule has 2 aliphatic rings. The lowest BCUT2D eigenvalue weighted by atomic mass is 9.76.